The van der Waals surface area contributed by atoms with E-state index in [1.54, 1.807) is 4.31 Å². The molecule has 4 nitrogen and oxygen atoms in total. The van der Waals surface area contributed by atoms with Crippen molar-refractivity contribution in [2.24, 2.45) is 5.92 Å². The maximum atomic E-state index is 12.4. The minimum absolute atomic E-state index is 0.0768. The monoisotopic (exact) mass is 298 g/mol. The minimum atomic E-state index is -3.23. The van der Waals surface area contributed by atoms with Crippen LogP contribution in [0.4, 0.5) is 0 Å². The van der Waals surface area contributed by atoms with Gasteiger partial charge in [-0.1, -0.05) is 45.0 Å². The van der Waals surface area contributed by atoms with E-state index in [1.165, 1.54) is 0 Å². The van der Waals surface area contributed by atoms with E-state index in [0.29, 0.717) is 19.0 Å². The van der Waals surface area contributed by atoms with Gasteiger partial charge in [0.25, 0.3) is 0 Å². The summed E-state index contributed by atoms with van der Waals surface area (Å²) in [5, 5.41) is 3.07. The molecule has 0 aliphatic heterocycles. The molecule has 0 fully saturated rings. The second-order valence-electron chi connectivity index (χ2n) is 5.45. The molecule has 1 N–H and O–H groups in total. The molecule has 114 valence electrons. The summed E-state index contributed by atoms with van der Waals surface area (Å²) in [6.45, 7) is 7.85. The van der Waals surface area contributed by atoms with Crippen LogP contribution in [0.1, 0.15) is 31.9 Å². The molecule has 0 amide bonds. The fourth-order valence-corrected chi connectivity index (χ4v) is 3.82. The van der Waals surface area contributed by atoms with Gasteiger partial charge in [-0.2, -0.15) is 0 Å². The van der Waals surface area contributed by atoms with Crippen molar-refractivity contribution in [2.45, 2.75) is 33.1 Å². The molecule has 0 aliphatic rings. The van der Waals surface area contributed by atoms with Crippen LogP contribution in [0.2, 0.25) is 0 Å². The second kappa shape index (κ2) is 7.76. The molecule has 0 bridgehead atoms. The van der Waals surface area contributed by atoms with Gasteiger partial charge in [0.15, 0.2) is 0 Å². The predicted octanol–water partition coefficient (Wildman–Crippen LogP) is 2.21. The van der Waals surface area contributed by atoms with E-state index in [0.717, 1.165) is 17.7 Å². The number of nitrogens with one attached hydrogen (secondary N) is 1. The minimum Gasteiger partial charge on any atom is -0.316 e. The van der Waals surface area contributed by atoms with Crippen molar-refractivity contribution >= 4 is 10.0 Å². The maximum absolute atomic E-state index is 12.4. The zero-order valence-corrected chi connectivity index (χ0v) is 13.7. The summed E-state index contributed by atoms with van der Waals surface area (Å²) in [6.07, 6.45) is 0. The first-order valence-electron chi connectivity index (χ1n) is 7.09. The lowest BCUT2D eigenvalue weighted by atomic mass is 10.1. The van der Waals surface area contributed by atoms with E-state index in [1.807, 2.05) is 52.1 Å². The molecule has 20 heavy (non-hydrogen) atoms. The predicted molar refractivity (Wildman–Crippen MR) is 83.9 cm³/mol. The van der Waals surface area contributed by atoms with E-state index in [4.69, 9.17) is 0 Å². The highest BCUT2D eigenvalue weighted by molar-refractivity contribution is 7.88. The number of sulfonamides is 1. The van der Waals surface area contributed by atoms with E-state index >= 15 is 0 Å². The van der Waals surface area contributed by atoms with Crippen molar-refractivity contribution in [3.63, 3.8) is 0 Å². The van der Waals surface area contributed by atoms with Gasteiger partial charge < -0.3 is 5.32 Å². The van der Waals surface area contributed by atoms with Crippen LogP contribution in [-0.2, 0) is 22.3 Å². The smallest absolute Gasteiger partial charge is 0.218 e. The van der Waals surface area contributed by atoms with Gasteiger partial charge in [0.1, 0.15) is 0 Å². The van der Waals surface area contributed by atoms with Crippen LogP contribution in [0, 0.1) is 5.92 Å². The summed E-state index contributed by atoms with van der Waals surface area (Å²) >= 11 is 0. The van der Waals surface area contributed by atoms with Crippen LogP contribution in [0.5, 0.6) is 0 Å². The molecule has 0 saturated carbocycles. The fourth-order valence-electron chi connectivity index (χ4n) is 2.11. The Kier molecular flexibility index (Phi) is 6.65. The van der Waals surface area contributed by atoms with E-state index in [2.05, 4.69) is 5.32 Å². The van der Waals surface area contributed by atoms with Crippen molar-refractivity contribution < 1.29 is 8.42 Å². The van der Waals surface area contributed by atoms with Crippen molar-refractivity contribution in [3.05, 3.63) is 35.4 Å². The molecule has 0 aliphatic carbocycles. The number of hydrogen-bond donors (Lipinski definition) is 1. The van der Waals surface area contributed by atoms with Crippen LogP contribution >= 0.6 is 0 Å². The lowest BCUT2D eigenvalue weighted by Crippen LogP contribution is -2.34. The summed E-state index contributed by atoms with van der Waals surface area (Å²) in [5.74, 6) is 0.413. The van der Waals surface area contributed by atoms with Gasteiger partial charge in [0.05, 0.1) is 5.75 Å². The molecule has 1 rings (SSSR count). The molecule has 0 aromatic heterocycles. The summed E-state index contributed by atoms with van der Waals surface area (Å²) in [7, 11) is -1.34. The zero-order valence-electron chi connectivity index (χ0n) is 12.9. The molecule has 0 radical (unpaired) electrons. The lowest BCUT2D eigenvalue weighted by molar-refractivity contribution is 0.380. The van der Waals surface area contributed by atoms with Crippen LogP contribution in [0.3, 0.4) is 0 Å². The number of rotatable bonds is 8. The Balaban J connectivity index is 2.78. The first-order chi connectivity index (χ1) is 9.39. The first-order valence-corrected chi connectivity index (χ1v) is 8.70. The quantitative estimate of drug-likeness (QED) is 0.800. The lowest BCUT2D eigenvalue weighted by Gasteiger charge is -2.22. The summed E-state index contributed by atoms with van der Waals surface area (Å²) in [4.78, 5) is 0. The van der Waals surface area contributed by atoms with Gasteiger partial charge in [0, 0.05) is 19.6 Å². The van der Waals surface area contributed by atoms with E-state index < -0.39 is 10.0 Å². The van der Waals surface area contributed by atoms with Crippen LogP contribution < -0.4 is 5.32 Å². The maximum Gasteiger partial charge on any atom is 0.218 e. The summed E-state index contributed by atoms with van der Waals surface area (Å²) in [5.41, 5.74) is 2.00. The van der Waals surface area contributed by atoms with Crippen LogP contribution in [0.15, 0.2) is 24.3 Å². The third-order valence-corrected chi connectivity index (χ3v) is 4.96. The van der Waals surface area contributed by atoms with Gasteiger partial charge in [-0.15, -0.1) is 0 Å². The average Bonchev–Trinajstić information content (AvgIpc) is 2.38. The Morgan fingerprint density at radius 2 is 1.70 bits per heavy atom. The van der Waals surface area contributed by atoms with Gasteiger partial charge in [-0.25, -0.2) is 12.7 Å². The molecule has 0 atom stereocenters. The molecule has 5 heteroatoms. The Hall–Kier alpha value is -0.910. The van der Waals surface area contributed by atoms with Gasteiger partial charge in [-0.3, -0.25) is 0 Å². The number of hydrogen-bond acceptors (Lipinski definition) is 3. The Morgan fingerprint density at radius 3 is 2.15 bits per heavy atom. The molecular formula is C15H26N2O2S. The van der Waals surface area contributed by atoms with Crippen molar-refractivity contribution in [3.8, 4) is 0 Å². The zero-order chi connectivity index (χ0) is 15.2. The number of nitrogens with zero attached hydrogens (tertiary/aromatic N) is 1. The average molecular weight is 298 g/mol. The SMILES string of the molecule is CCN(CC(C)C)S(=O)(=O)Cc1ccc(CNC)cc1. The highest BCUT2D eigenvalue weighted by atomic mass is 32.2. The topological polar surface area (TPSA) is 49.4 Å². The summed E-state index contributed by atoms with van der Waals surface area (Å²) in [6, 6.07) is 7.74. The highest BCUT2D eigenvalue weighted by Crippen LogP contribution is 2.13. The molecule has 0 heterocycles. The Bertz CT molecular complexity index is 495. The molecular weight excluding hydrogens is 272 g/mol. The third-order valence-electron chi connectivity index (χ3n) is 3.07. The van der Waals surface area contributed by atoms with E-state index in [9.17, 15) is 8.42 Å². The normalized spacial score (nSPS) is 12.3. The Labute approximate surface area is 123 Å². The van der Waals surface area contributed by atoms with Crippen LogP contribution in [-0.4, -0.2) is 32.9 Å². The first kappa shape index (κ1) is 17.1. The highest BCUT2D eigenvalue weighted by Gasteiger charge is 2.21. The van der Waals surface area contributed by atoms with Gasteiger partial charge in [0.2, 0.25) is 10.0 Å². The standard InChI is InChI=1S/C15H26N2O2S/c1-5-17(11-13(2)3)20(18,19)12-15-8-6-14(7-9-15)10-16-4/h6-9,13,16H,5,10-12H2,1-4H3. The fraction of sp³-hybridized carbons (Fsp3) is 0.600. The summed E-state index contributed by atoms with van der Waals surface area (Å²) < 4.78 is 26.4. The largest absolute Gasteiger partial charge is 0.316 e. The van der Waals surface area contributed by atoms with Crippen molar-refractivity contribution in [1.29, 1.82) is 0 Å². The Morgan fingerprint density at radius 1 is 1.15 bits per heavy atom. The molecule has 0 spiro atoms. The van der Waals surface area contributed by atoms with E-state index in [-0.39, 0.29) is 5.75 Å². The number of benzene rings is 1. The molecule has 1 aromatic carbocycles. The van der Waals surface area contributed by atoms with Gasteiger partial charge >= 0.3 is 0 Å². The third kappa shape index (κ3) is 5.23. The van der Waals surface area contributed by atoms with Crippen molar-refractivity contribution in [2.75, 3.05) is 20.1 Å². The van der Waals surface area contributed by atoms with Crippen molar-refractivity contribution in [1.82, 2.24) is 9.62 Å². The second-order valence-corrected chi connectivity index (χ2v) is 7.42. The molecule has 0 unspecified atom stereocenters. The molecule has 0 saturated heterocycles. The van der Waals surface area contributed by atoms with Gasteiger partial charge in [-0.05, 0) is 24.1 Å². The van der Waals surface area contributed by atoms with Crippen LogP contribution in [0.25, 0.3) is 0 Å². The molecule has 1 aromatic rings.